The highest BCUT2D eigenvalue weighted by atomic mass is 127. The number of amides is 1. The first-order chi connectivity index (χ1) is 13.4. The molecule has 1 rings (SSSR count). The topological polar surface area (TPSA) is 75.2 Å². The zero-order valence-corrected chi connectivity index (χ0v) is 21.2. The summed E-state index contributed by atoms with van der Waals surface area (Å²) in [6.45, 7) is 14.5. The van der Waals surface area contributed by atoms with Gasteiger partial charge in [-0.1, -0.05) is 12.2 Å². The van der Waals surface area contributed by atoms with E-state index < -0.39 is 5.60 Å². The van der Waals surface area contributed by atoms with Gasteiger partial charge in [-0.05, 0) is 60.3 Å². The third-order valence-electron chi connectivity index (χ3n) is 4.21. The van der Waals surface area contributed by atoms with Gasteiger partial charge in [-0.2, -0.15) is 0 Å². The lowest BCUT2D eigenvalue weighted by molar-refractivity contribution is 0.0170. The molecule has 1 fully saturated rings. The predicted molar refractivity (Wildman–Crippen MR) is 130 cm³/mol. The van der Waals surface area contributed by atoms with Gasteiger partial charge in [0, 0.05) is 39.3 Å². The molecule has 0 aromatic heterocycles. The number of aliphatic imine (C=N–C) groups is 1. The molecular weight excluding hydrogens is 483 g/mol. The molecule has 0 spiro atoms. The fourth-order valence-corrected chi connectivity index (χ4v) is 2.90. The van der Waals surface area contributed by atoms with Crippen LogP contribution < -0.4 is 10.6 Å². The molecule has 0 aromatic rings. The van der Waals surface area contributed by atoms with Gasteiger partial charge < -0.3 is 25.0 Å². The Morgan fingerprint density at radius 2 is 1.93 bits per heavy atom. The predicted octanol–water partition coefficient (Wildman–Crippen LogP) is 3.93. The van der Waals surface area contributed by atoms with Crippen LogP contribution in [-0.4, -0.2) is 68.0 Å². The Kier molecular flexibility index (Phi) is 15.2. The molecule has 0 radical (unpaired) electrons. The number of likely N-dealkylation sites (tertiary alicyclic amines) is 1. The average Bonchev–Trinajstić information content (AvgIpc) is 2.63. The SMILES string of the molecule is C/C=C/CCN=C(NCC)N1CCC(OCCCNC(=O)OC(C)(C)C)CC1.I. The number of guanidine groups is 1. The van der Waals surface area contributed by atoms with Crippen molar-refractivity contribution in [3.8, 4) is 0 Å². The van der Waals surface area contributed by atoms with Crippen LogP contribution in [0.3, 0.4) is 0 Å². The number of carbonyl (C=O) groups excluding carboxylic acids is 1. The molecular formula is C21H41IN4O3. The van der Waals surface area contributed by atoms with E-state index >= 15 is 0 Å². The Labute approximate surface area is 194 Å². The highest BCUT2D eigenvalue weighted by Gasteiger charge is 2.22. The fraction of sp³-hybridized carbons (Fsp3) is 0.810. The third-order valence-corrected chi connectivity index (χ3v) is 4.21. The van der Waals surface area contributed by atoms with E-state index in [9.17, 15) is 4.79 Å². The standard InChI is InChI=1S/C21H40N4O3.HI/c1-6-8-9-13-23-19(22-7-2)25-15-11-18(12-16-25)27-17-10-14-24-20(26)28-21(3,4)5;/h6,8,18H,7,9-17H2,1-5H3,(H,22,23)(H,24,26);1H/b8-6+;. The molecule has 0 bridgehead atoms. The van der Waals surface area contributed by atoms with Crippen molar-refractivity contribution in [3.05, 3.63) is 12.2 Å². The zero-order chi connectivity index (χ0) is 20.8. The van der Waals surface area contributed by atoms with Gasteiger partial charge in [0.15, 0.2) is 5.96 Å². The van der Waals surface area contributed by atoms with Crippen LogP contribution >= 0.6 is 24.0 Å². The van der Waals surface area contributed by atoms with Crippen molar-refractivity contribution in [1.82, 2.24) is 15.5 Å². The maximum absolute atomic E-state index is 11.6. The molecule has 170 valence electrons. The van der Waals surface area contributed by atoms with E-state index in [-0.39, 0.29) is 36.2 Å². The van der Waals surface area contributed by atoms with Crippen molar-refractivity contribution >= 4 is 36.0 Å². The summed E-state index contributed by atoms with van der Waals surface area (Å²) >= 11 is 0. The van der Waals surface area contributed by atoms with E-state index in [0.717, 1.165) is 57.8 Å². The van der Waals surface area contributed by atoms with Gasteiger partial charge in [-0.3, -0.25) is 4.99 Å². The van der Waals surface area contributed by atoms with Gasteiger partial charge >= 0.3 is 6.09 Å². The first kappa shape index (κ1) is 28.0. The zero-order valence-electron chi connectivity index (χ0n) is 18.8. The van der Waals surface area contributed by atoms with Crippen LogP contribution in [0.4, 0.5) is 4.79 Å². The molecule has 1 saturated heterocycles. The molecule has 8 heteroatoms. The van der Waals surface area contributed by atoms with Crippen molar-refractivity contribution in [2.24, 2.45) is 4.99 Å². The van der Waals surface area contributed by atoms with Crippen LogP contribution in [0.5, 0.6) is 0 Å². The Balaban J connectivity index is 0.00000784. The number of allylic oxidation sites excluding steroid dienone is 1. The summed E-state index contributed by atoms with van der Waals surface area (Å²) in [5.74, 6) is 1.01. The van der Waals surface area contributed by atoms with E-state index in [4.69, 9.17) is 14.5 Å². The minimum Gasteiger partial charge on any atom is -0.444 e. The normalized spacial score (nSPS) is 15.9. The molecule has 1 aliphatic rings. The van der Waals surface area contributed by atoms with Crippen LogP contribution in [-0.2, 0) is 9.47 Å². The van der Waals surface area contributed by atoms with Gasteiger partial charge in [-0.25, -0.2) is 4.79 Å². The molecule has 0 saturated carbocycles. The Bertz CT molecular complexity index is 499. The maximum Gasteiger partial charge on any atom is 0.407 e. The summed E-state index contributed by atoms with van der Waals surface area (Å²) in [6, 6.07) is 0. The molecule has 7 nitrogen and oxygen atoms in total. The molecule has 0 atom stereocenters. The minimum atomic E-state index is -0.462. The van der Waals surface area contributed by atoms with Crippen LogP contribution in [0.2, 0.25) is 0 Å². The maximum atomic E-state index is 11.6. The highest BCUT2D eigenvalue weighted by Crippen LogP contribution is 2.14. The van der Waals surface area contributed by atoms with Gasteiger partial charge in [-0.15, -0.1) is 24.0 Å². The average molecular weight is 524 g/mol. The molecule has 0 aromatic carbocycles. The van der Waals surface area contributed by atoms with Crippen LogP contribution in [0.15, 0.2) is 17.1 Å². The minimum absolute atomic E-state index is 0. The first-order valence-corrected chi connectivity index (χ1v) is 10.6. The van der Waals surface area contributed by atoms with Gasteiger partial charge in [0.2, 0.25) is 0 Å². The van der Waals surface area contributed by atoms with E-state index in [0.29, 0.717) is 13.2 Å². The second-order valence-electron chi connectivity index (χ2n) is 7.93. The van der Waals surface area contributed by atoms with E-state index in [1.807, 2.05) is 27.7 Å². The number of ether oxygens (including phenoxy) is 2. The molecule has 1 heterocycles. The van der Waals surface area contributed by atoms with Crippen molar-refractivity contribution < 1.29 is 14.3 Å². The third kappa shape index (κ3) is 13.8. The number of nitrogens with one attached hydrogen (secondary N) is 2. The smallest absolute Gasteiger partial charge is 0.407 e. The van der Waals surface area contributed by atoms with E-state index in [1.165, 1.54) is 0 Å². The van der Waals surface area contributed by atoms with E-state index in [2.05, 4.69) is 34.6 Å². The molecule has 1 aliphatic heterocycles. The summed E-state index contributed by atoms with van der Waals surface area (Å²) in [7, 11) is 0. The lowest BCUT2D eigenvalue weighted by Crippen LogP contribution is -2.47. The number of halogens is 1. The number of hydrogen-bond acceptors (Lipinski definition) is 4. The first-order valence-electron chi connectivity index (χ1n) is 10.6. The summed E-state index contributed by atoms with van der Waals surface area (Å²) in [4.78, 5) is 18.6. The van der Waals surface area contributed by atoms with Gasteiger partial charge in [0.25, 0.3) is 0 Å². The van der Waals surface area contributed by atoms with Crippen molar-refractivity contribution in [2.45, 2.75) is 72.0 Å². The Morgan fingerprint density at radius 1 is 1.24 bits per heavy atom. The van der Waals surface area contributed by atoms with Gasteiger partial charge in [0.05, 0.1) is 6.10 Å². The summed E-state index contributed by atoms with van der Waals surface area (Å²) in [5.41, 5.74) is -0.462. The molecule has 2 N–H and O–H groups in total. The van der Waals surface area contributed by atoms with Crippen LogP contribution in [0.1, 0.15) is 60.3 Å². The lowest BCUT2D eigenvalue weighted by Gasteiger charge is -2.34. The molecule has 0 unspecified atom stereocenters. The Hall–Kier alpha value is -1.03. The van der Waals surface area contributed by atoms with E-state index in [1.54, 1.807) is 0 Å². The number of rotatable bonds is 9. The summed E-state index contributed by atoms with van der Waals surface area (Å²) < 4.78 is 11.2. The number of nitrogens with zero attached hydrogens (tertiary/aromatic N) is 2. The van der Waals surface area contributed by atoms with Crippen LogP contribution in [0.25, 0.3) is 0 Å². The number of carbonyl (C=O) groups is 1. The number of hydrogen-bond donors (Lipinski definition) is 2. The van der Waals surface area contributed by atoms with Crippen molar-refractivity contribution in [2.75, 3.05) is 39.3 Å². The molecule has 1 amide bonds. The monoisotopic (exact) mass is 524 g/mol. The molecule has 0 aliphatic carbocycles. The van der Waals surface area contributed by atoms with Crippen LogP contribution in [0, 0.1) is 0 Å². The number of alkyl carbamates (subject to hydrolysis) is 1. The highest BCUT2D eigenvalue weighted by molar-refractivity contribution is 14.0. The fourth-order valence-electron chi connectivity index (χ4n) is 2.90. The van der Waals surface area contributed by atoms with Crippen molar-refractivity contribution in [1.29, 1.82) is 0 Å². The van der Waals surface area contributed by atoms with Crippen molar-refractivity contribution in [3.63, 3.8) is 0 Å². The molecule has 29 heavy (non-hydrogen) atoms. The quantitative estimate of drug-likeness (QED) is 0.157. The second kappa shape index (κ2) is 15.8. The lowest BCUT2D eigenvalue weighted by atomic mass is 10.1. The number of piperidine rings is 1. The summed E-state index contributed by atoms with van der Waals surface area (Å²) in [5, 5.41) is 6.15. The second-order valence-corrected chi connectivity index (χ2v) is 7.93. The Morgan fingerprint density at radius 3 is 2.52 bits per heavy atom. The summed E-state index contributed by atoms with van der Waals surface area (Å²) in [6.07, 6.45) is 7.88. The largest absolute Gasteiger partial charge is 0.444 e. The van der Waals surface area contributed by atoms with Gasteiger partial charge in [0.1, 0.15) is 5.60 Å².